The first-order valence-electron chi connectivity index (χ1n) is 6.45. The van der Waals surface area contributed by atoms with Crippen LogP contribution in [0.25, 0.3) is 0 Å². The first-order valence-corrected chi connectivity index (χ1v) is 6.83. The van der Waals surface area contributed by atoms with Crippen molar-refractivity contribution in [3.63, 3.8) is 0 Å². The summed E-state index contributed by atoms with van der Waals surface area (Å²) in [5.74, 6) is -0.883. The van der Waals surface area contributed by atoms with E-state index in [4.69, 9.17) is 11.6 Å². The summed E-state index contributed by atoms with van der Waals surface area (Å²) in [6.07, 6.45) is 2.04. The van der Waals surface area contributed by atoms with Gasteiger partial charge in [-0.15, -0.1) is 12.4 Å². The molecule has 1 fully saturated rings. The minimum Gasteiger partial charge on any atom is -0.351 e. The highest BCUT2D eigenvalue weighted by molar-refractivity contribution is 6.34. The Hall–Kier alpha value is -0.840. The average molecular weight is 321 g/mol. The Balaban J connectivity index is 0.00000200. The van der Waals surface area contributed by atoms with Crippen LogP contribution in [0.3, 0.4) is 0 Å². The number of carbonyl (C=O) groups is 1. The lowest BCUT2D eigenvalue weighted by Crippen LogP contribution is -2.42. The van der Waals surface area contributed by atoms with Crippen LogP contribution in [0.2, 0.25) is 5.02 Å². The molecule has 1 heterocycles. The van der Waals surface area contributed by atoms with Gasteiger partial charge < -0.3 is 10.6 Å². The molecule has 2 N–H and O–H groups in total. The smallest absolute Gasteiger partial charge is 0.252 e. The number of piperidine rings is 1. The standard InChI is InChI=1S/C14H18ClFN2O.ClH/c1-14(5-7-17-8-6-14)9-18-13(19)10-3-2-4-11(16)12(10)15;/h2-4,17H,5-9H2,1H3,(H,18,19);1H. The van der Waals surface area contributed by atoms with Crippen LogP contribution in [-0.4, -0.2) is 25.5 Å². The van der Waals surface area contributed by atoms with Gasteiger partial charge in [0.15, 0.2) is 0 Å². The number of carbonyl (C=O) groups excluding carboxylic acids is 1. The van der Waals surface area contributed by atoms with Gasteiger partial charge in [0.2, 0.25) is 0 Å². The van der Waals surface area contributed by atoms with Gasteiger partial charge in [0.25, 0.3) is 5.91 Å². The molecule has 1 saturated heterocycles. The first kappa shape index (κ1) is 17.2. The molecule has 0 radical (unpaired) electrons. The van der Waals surface area contributed by atoms with Crippen molar-refractivity contribution in [2.75, 3.05) is 19.6 Å². The molecule has 2 rings (SSSR count). The Kier molecular flexibility index (Phi) is 6.24. The van der Waals surface area contributed by atoms with Gasteiger partial charge in [0, 0.05) is 6.54 Å². The predicted octanol–water partition coefficient (Wildman–Crippen LogP) is 3.02. The molecule has 0 aromatic heterocycles. The van der Waals surface area contributed by atoms with Crippen molar-refractivity contribution >= 4 is 29.9 Å². The summed E-state index contributed by atoms with van der Waals surface area (Å²) in [6.45, 7) is 4.67. The van der Waals surface area contributed by atoms with Crippen LogP contribution < -0.4 is 10.6 Å². The van der Waals surface area contributed by atoms with Gasteiger partial charge in [0.05, 0.1) is 10.6 Å². The zero-order valence-corrected chi connectivity index (χ0v) is 12.9. The van der Waals surface area contributed by atoms with Crippen molar-refractivity contribution in [1.82, 2.24) is 10.6 Å². The summed E-state index contributed by atoms with van der Waals surface area (Å²) in [4.78, 5) is 12.0. The maximum Gasteiger partial charge on any atom is 0.252 e. The first-order chi connectivity index (χ1) is 9.02. The third kappa shape index (κ3) is 4.08. The molecular formula is C14H19Cl2FN2O. The highest BCUT2D eigenvalue weighted by Crippen LogP contribution is 2.27. The van der Waals surface area contributed by atoms with E-state index in [0.29, 0.717) is 6.54 Å². The number of nitrogens with one attached hydrogen (secondary N) is 2. The fourth-order valence-electron chi connectivity index (χ4n) is 2.28. The van der Waals surface area contributed by atoms with Gasteiger partial charge in [0.1, 0.15) is 5.82 Å². The van der Waals surface area contributed by atoms with Crippen molar-refractivity contribution in [2.45, 2.75) is 19.8 Å². The van der Waals surface area contributed by atoms with Gasteiger partial charge in [-0.1, -0.05) is 24.6 Å². The maximum absolute atomic E-state index is 13.3. The van der Waals surface area contributed by atoms with Gasteiger partial charge in [-0.2, -0.15) is 0 Å². The molecular weight excluding hydrogens is 302 g/mol. The molecule has 112 valence electrons. The Morgan fingerprint density at radius 3 is 2.75 bits per heavy atom. The van der Waals surface area contributed by atoms with E-state index in [2.05, 4.69) is 17.6 Å². The summed E-state index contributed by atoms with van der Waals surface area (Å²) >= 11 is 5.80. The molecule has 0 aliphatic carbocycles. The Labute approximate surface area is 129 Å². The van der Waals surface area contributed by atoms with Gasteiger partial charge in [-0.3, -0.25) is 4.79 Å². The van der Waals surface area contributed by atoms with E-state index in [0.717, 1.165) is 25.9 Å². The molecule has 0 unspecified atom stereocenters. The number of rotatable bonds is 3. The van der Waals surface area contributed by atoms with Gasteiger partial charge >= 0.3 is 0 Å². The van der Waals surface area contributed by atoms with Gasteiger partial charge in [-0.25, -0.2) is 4.39 Å². The summed E-state index contributed by atoms with van der Waals surface area (Å²) in [7, 11) is 0. The molecule has 0 bridgehead atoms. The molecule has 20 heavy (non-hydrogen) atoms. The fraction of sp³-hybridized carbons (Fsp3) is 0.500. The Morgan fingerprint density at radius 2 is 2.10 bits per heavy atom. The fourth-order valence-corrected chi connectivity index (χ4v) is 2.49. The molecule has 0 atom stereocenters. The molecule has 0 saturated carbocycles. The largest absolute Gasteiger partial charge is 0.351 e. The lowest BCUT2D eigenvalue weighted by atomic mass is 9.81. The van der Waals surface area contributed by atoms with Crippen molar-refractivity contribution in [3.05, 3.63) is 34.6 Å². The summed E-state index contributed by atoms with van der Waals surface area (Å²) in [6, 6.07) is 4.26. The molecule has 1 aliphatic rings. The van der Waals surface area contributed by atoms with Crippen LogP contribution in [0.15, 0.2) is 18.2 Å². The minimum atomic E-state index is -0.567. The second-order valence-electron chi connectivity index (χ2n) is 5.34. The van der Waals surface area contributed by atoms with E-state index in [9.17, 15) is 9.18 Å². The molecule has 1 amide bonds. The lowest BCUT2D eigenvalue weighted by Gasteiger charge is -2.34. The van der Waals surface area contributed by atoms with Crippen LogP contribution >= 0.6 is 24.0 Å². The SMILES string of the molecule is CC1(CNC(=O)c2cccc(F)c2Cl)CCNCC1.Cl. The molecule has 1 aromatic rings. The number of hydrogen-bond acceptors (Lipinski definition) is 2. The Bertz CT molecular complexity index is 476. The van der Waals surface area contributed by atoms with Crippen molar-refractivity contribution < 1.29 is 9.18 Å². The number of benzene rings is 1. The van der Waals surface area contributed by atoms with E-state index in [1.165, 1.54) is 18.2 Å². The molecule has 6 heteroatoms. The van der Waals surface area contributed by atoms with E-state index in [1.54, 1.807) is 0 Å². The third-order valence-corrected chi connectivity index (χ3v) is 4.07. The average Bonchev–Trinajstić information content (AvgIpc) is 2.40. The maximum atomic E-state index is 13.3. The molecule has 0 spiro atoms. The van der Waals surface area contributed by atoms with Crippen molar-refractivity contribution in [1.29, 1.82) is 0 Å². The van der Waals surface area contributed by atoms with E-state index < -0.39 is 5.82 Å². The topological polar surface area (TPSA) is 41.1 Å². The highest BCUT2D eigenvalue weighted by atomic mass is 35.5. The van der Waals surface area contributed by atoms with E-state index >= 15 is 0 Å². The monoisotopic (exact) mass is 320 g/mol. The van der Waals surface area contributed by atoms with Crippen LogP contribution in [-0.2, 0) is 0 Å². The Morgan fingerprint density at radius 1 is 1.45 bits per heavy atom. The molecule has 3 nitrogen and oxygen atoms in total. The van der Waals surface area contributed by atoms with Crippen LogP contribution in [0.1, 0.15) is 30.1 Å². The van der Waals surface area contributed by atoms with Crippen molar-refractivity contribution in [2.24, 2.45) is 5.41 Å². The highest BCUT2D eigenvalue weighted by Gasteiger charge is 2.27. The second kappa shape index (κ2) is 7.25. The molecule has 1 aromatic carbocycles. The van der Waals surface area contributed by atoms with Crippen LogP contribution in [0.4, 0.5) is 4.39 Å². The van der Waals surface area contributed by atoms with E-state index in [-0.39, 0.29) is 34.3 Å². The normalized spacial score (nSPS) is 17.1. The lowest BCUT2D eigenvalue weighted by molar-refractivity contribution is 0.0922. The zero-order chi connectivity index (χ0) is 13.9. The molecule has 1 aliphatic heterocycles. The van der Waals surface area contributed by atoms with Crippen molar-refractivity contribution in [3.8, 4) is 0 Å². The number of amides is 1. The van der Waals surface area contributed by atoms with Gasteiger partial charge in [-0.05, 0) is 43.5 Å². The minimum absolute atomic E-state index is 0. The number of halogens is 3. The second-order valence-corrected chi connectivity index (χ2v) is 5.72. The third-order valence-electron chi connectivity index (χ3n) is 3.68. The number of hydrogen-bond donors (Lipinski definition) is 2. The van der Waals surface area contributed by atoms with E-state index in [1.807, 2.05) is 0 Å². The van der Waals surface area contributed by atoms with Crippen LogP contribution in [0.5, 0.6) is 0 Å². The van der Waals surface area contributed by atoms with Crippen LogP contribution in [0, 0.1) is 11.2 Å². The zero-order valence-electron chi connectivity index (χ0n) is 11.3. The predicted molar refractivity (Wildman–Crippen MR) is 81.2 cm³/mol. The quantitative estimate of drug-likeness (QED) is 0.898. The summed E-state index contributed by atoms with van der Waals surface area (Å²) in [5.41, 5.74) is 0.292. The summed E-state index contributed by atoms with van der Waals surface area (Å²) in [5, 5.41) is 6.04. The summed E-state index contributed by atoms with van der Waals surface area (Å²) < 4.78 is 13.3.